The van der Waals surface area contributed by atoms with E-state index >= 15 is 0 Å². The highest BCUT2D eigenvalue weighted by atomic mass is 16.5. The smallest absolute Gasteiger partial charge is 0.315 e. The Morgan fingerprint density at radius 3 is 2.23 bits per heavy atom. The average Bonchev–Trinajstić information content (AvgIpc) is 3.03. The fourth-order valence-corrected chi connectivity index (χ4v) is 5.76. The van der Waals surface area contributed by atoms with E-state index in [2.05, 4.69) is 0 Å². The van der Waals surface area contributed by atoms with Crippen molar-refractivity contribution in [2.45, 2.75) is 44.1 Å². The van der Waals surface area contributed by atoms with Crippen LogP contribution in [0.25, 0.3) is 0 Å². The van der Waals surface area contributed by atoms with Crippen LogP contribution >= 0.6 is 0 Å². The summed E-state index contributed by atoms with van der Waals surface area (Å²) in [6.07, 6.45) is 3.87. The van der Waals surface area contributed by atoms with Crippen molar-refractivity contribution in [1.82, 2.24) is 0 Å². The topological polar surface area (TPSA) is 76.0 Å². The van der Waals surface area contributed by atoms with Crippen molar-refractivity contribution < 1.29 is 24.5 Å². The van der Waals surface area contributed by atoms with E-state index in [1.54, 1.807) is 31.4 Å². The number of aliphatic hydroxyl groups is 2. The number of benzene rings is 2. The lowest BCUT2D eigenvalue weighted by Gasteiger charge is -2.41. The van der Waals surface area contributed by atoms with Gasteiger partial charge < -0.3 is 19.7 Å². The van der Waals surface area contributed by atoms with Crippen LogP contribution in [-0.2, 0) is 4.79 Å². The summed E-state index contributed by atoms with van der Waals surface area (Å²) in [6, 6.07) is 16.7. The second-order valence-electron chi connectivity index (χ2n) is 8.60. The Balaban J connectivity index is 1.72. The standard InChI is InChI=1S/C25H30O5/c1-29-18-10-12-19(13-11-18)30-24(28)22-21(17-8-4-2-5-9-17)20(16-26)23(27)25(22)14-6-3-7-15-25/h2,4-5,8-13,20-23,26-27H,3,6-7,14-16H2,1H3. The Bertz CT molecular complexity index is 842. The third-order valence-electron chi connectivity index (χ3n) is 7.15. The van der Waals surface area contributed by atoms with Crippen LogP contribution in [0.1, 0.15) is 43.6 Å². The molecule has 0 bridgehead atoms. The first-order valence-electron chi connectivity index (χ1n) is 10.8. The predicted octanol–water partition coefficient (Wildman–Crippen LogP) is 3.93. The molecule has 0 amide bonds. The van der Waals surface area contributed by atoms with Crippen LogP contribution in [0.2, 0.25) is 0 Å². The Labute approximate surface area is 177 Å². The maximum atomic E-state index is 13.6. The van der Waals surface area contributed by atoms with Gasteiger partial charge in [-0.1, -0.05) is 49.6 Å². The first-order chi connectivity index (χ1) is 14.6. The highest BCUT2D eigenvalue weighted by Crippen LogP contribution is 2.61. The maximum absolute atomic E-state index is 13.6. The van der Waals surface area contributed by atoms with E-state index < -0.39 is 17.4 Å². The largest absolute Gasteiger partial charge is 0.497 e. The molecular weight excluding hydrogens is 380 g/mol. The molecule has 2 N–H and O–H groups in total. The molecule has 1 spiro atoms. The van der Waals surface area contributed by atoms with Crippen molar-refractivity contribution in [2.75, 3.05) is 13.7 Å². The van der Waals surface area contributed by atoms with E-state index in [9.17, 15) is 15.0 Å². The molecule has 0 aliphatic heterocycles. The minimum absolute atomic E-state index is 0.158. The van der Waals surface area contributed by atoms with Gasteiger partial charge in [-0.25, -0.2) is 0 Å². The molecule has 0 heterocycles. The van der Waals surface area contributed by atoms with Crippen LogP contribution in [0.15, 0.2) is 54.6 Å². The Hall–Kier alpha value is -2.37. The minimum Gasteiger partial charge on any atom is -0.497 e. The van der Waals surface area contributed by atoms with E-state index in [-0.39, 0.29) is 24.4 Å². The van der Waals surface area contributed by atoms with E-state index in [4.69, 9.17) is 9.47 Å². The number of hydrogen-bond acceptors (Lipinski definition) is 5. The molecule has 2 aliphatic carbocycles. The second kappa shape index (κ2) is 8.78. The molecule has 0 radical (unpaired) electrons. The molecule has 160 valence electrons. The number of esters is 1. The summed E-state index contributed by atoms with van der Waals surface area (Å²) in [5.74, 6) is -0.354. The van der Waals surface area contributed by atoms with Crippen molar-refractivity contribution in [3.8, 4) is 11.5 Å². The van der Waals surface area contributed by atoms with Gasteiger partial charge in [0.15, 0.2) is 0 Å². The third kappa shape index (κ3) is 3.61. The lowest BCUT2D eigenvalue weighted by atomic mass is 9.64. The van der Waals surface area contributed by atoms with Crippen LogP contribution in [0, 0.1) is 17.3 Å². The summed E-state index contributed by atoms with van der Waals surface area (Å²) in [6.45, 7) is -0.158. The normalized spacial score (nSPS) is 27.7. The zero-order valence-electron chi connectivity index (χ0n) is 17.4. The van der Waals surface area contributed by atoms with Crippen LogP contribution in [0.5, 0.6) is 11.5 Å². The van der Waals surface area contributed by atoms with Crippen LogP contribution in [0.3, 0.4) is 0 Å². The van der Waals surface area contributed by atoms with Gasteiger partial charge in [-0.05, 0) is 42.7 Å². The number of methoxy groups -OCH3 is 1. The van der Waals surface area contributed by atoms with Gasteiger partial charge in [0.05, 0.1) is 19.1 Å². The molecular formula is C25H30O5. The molecule has 0 saturated heterocycles. The van der Waals surface area contributed by atoms with Gasteiger partial charge in [0.25, 0.3) is 0 Å². The Kier molecular flexibility index (Phi) is 6.11. The lowest BCUT2D eigenvalue weighted by molar-refractivity contribution is -0.147. The van der Waals surface area contributed by atoms with Crippen LogP contribution in [-0.4, -0.2) is 36.0 Å². The Morgan fingerprint density at radius 2 is 1.63 bits per heavy atom. The van der Waals surface area contributed by atoms with Crippen molar-refractivity contribution in [1.29, 1.82) is 0 Å². The molecule has 4 rings (SSSR count). The summed E-state index contributed by atoms with van der Waals surface area (Å²) >= 11 is 0. The molecule has 4 atom stereocenters. The fraction of sp³-hybridized carbons (Fsp3) is 0.480. The molecule has 5 nitrogen and oxygen atoms in total. The number of hydrogen-bond donors (Lipinski definition) is 2. The molecule has 4 unspecified atom stereocenters. The monoisotopic (exact) mass is 410 g/mol. The molecule has 30 heavy (non-hydrogen) atoms. The summed E-state index contributed by atoms with van der Waals surface area (Å²) in [7, 11) is 1.59. The van der Waals surface area contributed by atoms with Gasteiger partial charge in [-0.3, -0.25) is 4.79 Å². The zero-order chi connectivity index (χ0) is 21.1. The maximum Gasteiger partial charge on any atom is 0.315 e. The molecule has 5 heteroatoms. The number of rotatable bonds is 5. The molecule has 0 aromatic heterocycles. The minimum atomic E-state index is -0.735. The first kappa shape index (κ1) is 20.9. The summed E-state index contributed by atoms with van der Waals surface area (Å²) in [4.78, 5) is 13.6. The van der Waals surface area contributed by atoms with Crippen molar-refractivity contribution >= 4 is 5.97 Å². The van der Waals surface area contributed by atoms with E-state index in [1.165, 1.54) is 0 Å². The number of ether oxygens (including phenoxy) is 2. The Morgan fingerprint density at radius 1 is 1.00 bits per heavy atom. The van der Waals surface area contributed by atoms with Gasteiger partial charge in [0.2, 0.25) is 0 Å². The summed E-state index contributed by atoms with van der Waals surface area (Å²) in [5, 5.41) is 21.6. The molecule has 2 aliphatic rings. The van der Waals surface area contributed by atoms with E-state index in [0.29, 0.717) is 11.5 Å². The van der Waals surface area contributed by atoms with Crippen molar-refractivity contribution in [2.24, 2.45) is 17.3 Å². The van der Waals surface area contributed by atoms with E-state index in [1.807, 2.05) is 30.3 Å². The van der Waals surface area contributed by atoms with Gasteiger partial charge >= 0.3 is 5.97 Å². The predicted molar refractivity (Wildman–Crippen MR) is 113 cm³/mol. The van der Waals surface area contributed by atoms with E-state index in [0.717, 1.165) is 37.7 Å². The van der Waals surface area contributed by atoms with Gasteiger partial charge in [0.1, 0.15) is 11.5 Å². The van der Waals surface area contributed by atoms with Gasteiger partial charge in [-0.2, -0.15) is 0 Å². The number of carbonyl (C=O) groups excluding carboxylic acids is 1. The number of carbonyl (C=O) groups is 1. The average molecular weight is 411 g/mol. The van der Waals surface area contributed by atoms with Gasteiger partial charge in [-0.15, -0.1) is 0 Å². The second-order valence-corrected chi connectivity index (χ2v) is 8.60. The molecule has 2 saturated carbocycles. The molecule has 2 fully saturated rings. The summed E-state index contributed by atoms with van der Waals surface area (Å²) in [5.41, 5.74) is 0.408. The molecule has 2 aromatic carbocycles. The van der Waals surface area contributed by atoms with Crippen LogP contribution in [0.4, 0.5) is 0 Å². The molecule has 2 aromatic rings. The fourth-order valence-electron chi connectivity index (χ4n) is 5.76. The lowest BCUT2D eigenvalue weighted by Crippen LogP contribution is -2.43. The first-order valence-corrected chi connectivity index (χ1v) is 10.8. The van der Waals surface area contributed by atoms with Crippen molar-refractivity contribution in [3.63, 3.8) is 0 Å². The quantitative estimate of drug-likeness (QED) is 0.577. The highest BCUT2D eigenvalue weighted by Gasteiger charge is 2.62. The SMILES string of the molecule is COc1ccc(OC(=O)C2C(c3ccccc3)C(CO)C(O)C23CCCCC3)cc1. The zero-order valence-corrected chi connectivity index (χ0v) is 17.4. The third-order valence-corrected chi connectivity index (χ3v) is 7.15. The van der Waals surface area contributed by atoms with Crippen molar-refractivity contribution in [3.05, 3.63) is 60.2 Å². The summed E-state index contributed by atoms with van der Waals surface area (Å²) < 4.78 is 11.0. The van der Waals surface area contributed by atoms with Crippen LogP contribution < -0.4 is 9.47 Å². The highest BCUT2D eigenvalue weighted by molar-refractivity contribution is 5.78. The van der Waals surface area contributed by atoms with Gasteiger partial charge in [0, 0.05) is 23.9 Å². The number of aliphatic hydroxyl groups excluding tert-OH is 2.